The number of rotatable bonds is 4. The van der Waals surface area contributed by atoms with Crippen LogP contribution < -0.4 is 15.6 Å². The van der Waals surface area contributed by atoms with Gasteiger partial charge in [-0.1, -0.05) is 0 Å². The number of nitrogens with one attached hydrogen (secondary N) is 1. The number of pyridine rings is 1. The van der Waals surface area contributed by atoms with Gasteiger partial charge in [-0.05, 0) is 25.0 Å². The van der Waals surface area contributed by atoms with Crippen molar-refractivity contribution in [2.45, 2.75) is 31.3 Å². The van der Waals surface area contributed by atoms with Gasteiger partial charge in [-0.15, -0.1) is 0 Å². The Balaban J connectivity index is 1.84. The van der Waals surface area contributed by atoms with Crippen LogP contribution in [0.5, 0.6) is 0 Å². The Bertz CT molecular complexity index is 1020. The Labute approximate surface area is 154 Å². The predicted octanol–water partition coefficient (Wildman–Crippen LogP) is 1.87. The molecule has 7 nitrogen and oxygen atoms in total. The van der Waals surface area contributed by atoms with E-state index in [1.165, 1.54) is 6.20 Å². The second kappa shape index (κ2) is 6.67. The molecule has 0 bridgehead atoms. The first-order valence-corrected chi connectivity index (χ1v) is 8.96. The summed E-state index contributed by atoms with van der Waals surface area (Å²) in [5.41, 5.74) is -0.0663. The molecule has 1 aromatic heterocycles. The van der Waals surface area contributed by atoms with Crippen LogP contribution in [0.2, 0.25) is 0 Å². The van der Waals surface area contributed by atoms with E-state index in [2.05, 4.69) is 11.4 Å². The average molecular weight is 370 g/mol. The highest BCUT2D eigenvalue weighted by Crippen LogP contribution is 2.38. The Kier molecular flexibility index (Phi) is 4.32. The number of carbonyl (C=O) groups is 1. The number of hydrogen-bond donors (Lipinski definition) is 2. The van der Waals surface area contributed by atoms with E-state index in [0.29, 0.717) is 37.3 Å². The molecule has 1 aromatic carbocycles. The van der Waals surface area contributed by atoms with Crippen LogP contribution in [-0.4, -0.2) is 41.3 Å². The van der Waals surface area contributed by atoms with Gasteiger partial charge in [0.05, 0.1) is 23.7 Å². The van der Waals surface area contributed by atoms with Crippen LogP contribution in [0.1, 0.15) is 35.7 Å². The van der Waals surface area contributed by atoms with Gasteiger partial charge in [0.15, 0.2) is 0 Å². The topological polar surface area (TPSA) is 98.4 Å². The molecule has 2 heterocycles. The standard InChI is InChI=1S/C19H19FN4O3/c20-15-7-13-16(8-17(15)23-6-5-22-11(9-23)3-4-21)24(12-1-2-12)10-14(18(13)25)19(26)27/h7-8,10-12,22H,1-3,5-6,9H2,(H,26,27). The van der Waals surface area contributed by atoms with Crippen molar-refractivity contribution in [1.82, 2.24) is 9.88 Å². The summed E-state index contributed by atoms with van der Waals surface area (Å²) in [5.74, 6) is -1.86. The van der Waals surface area contributed by atoms with Crippen molar-refractivity contribution in [2.75, 3.05) is 24.5 Å². The zero-order valence-electron chi connectivity index (χ0n) is 14.6. The third-order valence-electron chi connectivity index (χ3n) is 5.21. The number of aromatic nitrogens is 1. The van der Waals surface area contributed by atoms with Gasteiger partial charge in [-0.2, -0.15) is 5.26 Å². The molecule has 140 valence electrons. The molecule has 1 saturated heterocycles. The molecule has 0 amide bonds. The van der Waals surface area contributed by atoms with Crippen molar-refractivity contribution < 1.29 is 14.3 Å². The van der Waals surface area contributed by atoms with Crippen LogP contribution in [0, 0.1) is 17.1 Å². The summed E-state index contributed by atoms with van der Waals surface area (Å²) in [4.78, 5) is 25.8. The van der Waals surface area contributed by atoms with E-state index in [1.54, 1.807) is 10.6 Å². The van der Waals surface area contributed by atoms with Crippen molar-refractivity contribution in [3.05, 3.63) is 39.9 Å². The van der Waals surface area contributed by atoms with Crippen molar-refractivity contribution >= 4 is 22.6 Å². The van der Waals surface area contributed by atoms with Gasteiger partial charge < -0.3 is 19.9 Å². The number of halogens is 1. The van der Waals surface area contributed by atoms with Crippen molar-refractivity contribution in [3.8, 4) is 6.07 Å². The molecule has 2 aliphatic rings. The van der Waals surface area contributed by atoms with Gasteiger partial charge in [0, 0.05) is 43.3 Å². The zero-order valence-corrected chi connectivity index (χ0v) is 14.6. The molecule has 4 rings (SSSR count). The van der Waals surface area contributed by atoms with E-state index >= 15 is 0 Å². The summed E-state index contributed by atoms with van der Waals surface area (Å²) in [6, 6.07) is 5.02. The number of benzene rings is 1. The number of aromatic carboxylic acids is 1. The van der Waals surface area contributed by atoms with Gasteiger partial charge in [0.2, 0.25) is 5.43 Å². The number of carboxylic acid groups (broad SMARTS) is 1. The summed E-state index contributed by atoms with van der Waals surface area (Å²) < 4.78 is 16.6. The van der Waals surface area contributed by atoms with E-state index < -0.39 is 17.2 Å². The fourth-order valence-corrected chi connectivity index (χ4v) is 3.70. The van der Waals surface area contributed by atoms with Crippen molar-refractivity contribution in [1.29, 1.82) is 5.26 Å². The van der Waals surface area contributed by atoms with Crippen LogP contribution in [0.25, 0.3) is 10.9 Å². The molecule has 1 atom stereocenters. The lowest BCUT2D eigenvalue weighted by Crippen LogP contribution is -2.50. The molecule has 2 N–H and O–H groups in total. The third-order valence-corrected chi connectivity index (χ3v) is 5.21. The maximum atomic E-state index is 14.9. The van der Waals surface area contributed by atoms with Crippen LogP contribution in [0.15, 0.2) is 23.1 Å². The normalized spacial score (nSPS) is 19.9. The van der Waals surface area contributed by atoms with Gasteiger partial charge in [-0.25, -0.2) is 9.18 Å². The SMILES string of the molecule is N#CCC1CN(c2cc3c(cc2F)c(=O)c(C(=O)O)cn3C2CC2)CCN1. The Morgan fingerprint density at radius 2 is 2.19 bits per heavy atom. The second-order valence-corrected chi connectivity index (χ2v) is 7.10. The lowest BCUT2D eigenvalue weighted by molar-refractivity contribution is 0.0695. The lowest BCUT2D eigenvalue weighted by Gasteiger charge is -2.34. The van der Waals surface area contributed by atoms with E-state index in [4.69, 9.17) is 5.26 Å². The first kappa shape index (κ1) is 17.5. The average Bonchev–Trinajstić information content (AvgIpc) is 3.47. The maximum Gasteiger partial charge on any atom is 0.341 e. The molecule has 1 saturated carbocycles. The fraction of sp³-hybridized carbons (Fsp3) is 0.421. The third kappa shape index (κ3) is 3.15. The zero-order chi connectivity index (χ0) is 19.1. The first-order valence-electron chi connectivity index (χ1n) is 8.96. The lowest BCUT2D eigenvalue weighted by atomic mass is 10.1. The highest BCUT2D eigenvalue weighted by molar-refractivity contribution is 5.93. The van der Waals surface area contributed by atoms with Gasteiger partial charge in [-0.3, -0.25) is 4.79 Å². The molecular formula is C19H19FN4O3. The summed E-state index contributed by atoms with van der Waals surface area (Å²) in [5, 5.41) is 21.5. The van der Waals surface area contributed by atoms with E-state index in [0.717, 1.165) is 18.9 Å². The fourth-order valence-electron chi connectivity index (χ4n) is 3.70. The molecule has 0 radical (unpaired) electrons. The number of hydrogen-bond acceptors (Lipinski definition) is 5. The Morgan fingerprint density at radius 1 is 1.41 bits per heavy atom. The Hall–Kier alpha value is -2.92. The molecule has 1 unspecified atom stereocenters. The number of fused-ring (bicyclic) bond motifs is 1. The van der Waals surface area contributed by atoms with Crippen molar-refractivity contribution in [2.24, 2.45) is 0 Å². The molecule has 0 spiro atoms. The van der Waals surface area contributed by atoms with E-state index in [9.17, 15) is 19.1 Å². The molecule has 2 fully saturated rings. The minimum atomic E-state index is -1.30. The van der Waals surface area contributed by atoms with Crippen LogP contribution in [0.4, 0.5) is 10.1 Å². The number of nitrogens with zero attached hydrogens (tertiary/aromatic N) is 3. The molecule has 1 aliphatic heterocycles. The first-order chi connectivity index (χ1) is 13.0. The van der Waals surface area contributed by atoms with Crippen molar-refractivity contribution in [3.63, 3.8) is 0 Å². The predicted molar refractivity (Wildman–Crippen MR) is 97.6 cm³/mol. The summed E-state index contributed by atoms with van der Waals surface area (Å²) in [7, 11) is 0. The quantitative estimate of drug-likeness (QED) is 0.853. The highest BCUT2D eigenvalue weighted by atomic mass is 19.1. The molecule has 27 heavy (non-hydrogen) atoms. The summed E-state index contributed by atoms with van der Waals surface area (Å²) in [6.07, 6.45) is 3.52. The number of nitriles is 1. The Morgan fingerprint density at radius 3 is 2.85 bits per heavy atom. The largest absolute Gasteiger partial charge is 0.477 e. The van der Waals surface area contributed by atoms with Gasteiger partial charge >= 0.3 is 5.97 Å². The second-order valence-electron chi connectivity index (χ2n) is 7.10. The van der Waals surface area contributed by atoms with E-state index in [-0.39, 0.29) is 23.0 Å². The van der Waals surface area contributed by atoms with Crippen LogP contribution in [0.3, 0.4) is 0 Å². The monoisotopic (exact) mass is 370 g/mol. The maximum absolute atomic E-state index is 14.9. The van der Waals surface area contributed by atoms with E-state index in [1.807, 2.05) is 4.90 Å². The van der Waals surface area contributed by atoms with Gasteiger partial charge in [0.25, 0.3) is 0 Å². The van der Waals surface area contributed by atoms with Crippen LogP contribution in [-0.2, 0) is 0 Å². The molecule has 2 aromatic rings. The van der Waals surface area contributed by atoms with Gasteiger partial charge in [0.1, 0.15) is 11.4 Å². The van der Waals surface area contributed by atoms with Crippen LogP contribution >= 0.6 is 0 Å². The number of piperazine rings is 1. The number of anilines is 1. The summed E-state index contributed by atoms with van der Waals surface area (Å²) in [6.45, 7) is 1.72. The highest BCUT2D eigenvalue weighted by Gasteiger charge is 2.28. The number of carboxylic acids is 1. The summed E-state index contributed by atoms with van der Waals surface area (Å²) >= 11 is 0. The smallest absolute Gasteiger partial charge is 0.341 e. The minimum absolute atomic E-state index is 0.0427. The molecule has 8 heteroatoms. The molecule has 1 aliphatic carbocycles. The molecular weight excluding hydrogens is 351 g/mol. The minimum Gasteiger partial charge on any atom is -0.477 e.